The van der Waals surface area contributed by atoms with Crippen LogP contribution in [0.2, 0.25) is 0 Å². The van der Waals surface area contributed by atoms with Crippen molar-refractivity contribution in [3.05, 3.63) is 64.4 Å². The summed E-state index contributed by atoms with van der Waals surface area (Å²) >= 11 is 1.55. The van der Waals surface area contributed by atoms with Crippen LogP contribution in [0.4, 0.5) is 5.69 Å². The van der Waals surface area contributed by atoms with Gasteiger partial charge in [0.25, 0.3) is 0 Å². The number of aromatic nitrogens is 2. The van der Waals surface area contributed by atoms with Crippen molar-refractivity contribution in [2.24, 2.45) is 0 Å². The average molecular weight is 337 g/mol. The Morgan fingerprint density at radius 2 is 2.04 bits per heavy atom. The maximum Gasteiger partial charge on any atom is 0.229 e. The highest BCUT2D eigenvalue weighted by Gasteiger charge is 2.14. The van der Waals surface area contributed by atoms with Gasteiger partial charge in [0.05, 0.1) is 12.1 Å². The van der Waals surface area contributed by atoms with Gasteiger partial charge in [0, 0.05) is 28.5 Å². The second-order valence-electron chi connectivity index (χ2n) is 5.81. The van der Waals surface area contributed by atoms with Crippen LogP contribution in [0, 0.1) is 20.8 Å². The summed E-state index contributed by atoms with van der Waals surface area (Å²) in [6.45, 7) is 5.98. The van der Waals surface area contributed by atoms with E-state index in [4.69, 9.17) is 0 Å². The Bertz CT molecular complexity index is 872. The minimum Gasteiger partial charge on any atom is -0.326 e. The molecule has 0 saturated carbocycles. The predicted molar refractivity (Wildman–Crippen MR) is 98.3 cm³/mol. The van der Waals surface area contributed by atoms with Gasteiger partial charge in [-0.05, 0) is 44.5 Å². The van der Waals surface area contributed by atoms with Crippen molar-refractivity contribution in [2.45, 2.75) is 27.2 Å². The fourth-order valence-corrected chi connectivity index (χ4v) is 3.55. The Hall–Kier alpha value is -2.53. The van der Waals surface area contributed by atoms with Gasteiger partial charge in [-0.15, -0.1) is 11.3 Å². The van der Waals surface area contributed by atoms with E-state index < -0.39 is 0 Å². The molecule has 0 fully saturated rings. The van der Waals surface area contributed by atoms with E-state index in [1.165, 1.54) is 5.56 Å². The number of thiazole rings is 1. The first-order valence-electron chi connectivity index (χ1n) is 7.77. The Morgan fingerprint density at radius 1 is 1.21 bits per heavy atom. The number of amides is 1. The summed E-state index contributed by atoms with van der Waals surface area (Å²) in [5, 5.41) is 3.89. The Kier molecular flexibility index (Phi) is 4.71. The first-order chi connectivity index (χ1) is 11.5. The standard InChI is InChI=1S/C19H19N3OS/c1-12-6-7-16(13(2)9-12)22-18(23)10-17-14(3)21-19(24-17)15-5-4-8-20-11-15/h4-9,11H,10H2,1-3H3,(H,22,23). The molecule has 0 atom stereocenters. The van der Waals surface area contributed by atoms with E-state index >= 15 is 0 Å². The summed E-state index contributed by atoms with van der Waals surface area (Å²) in [4.78, 5) is 22.0. The van der Waals surface area contributed by atoms with E-state index in [-0.39, 0.29) is 5.91 Å². The number of nitrogens with one attached hydrogen (secondary N) is 1. The molecule has 0 radical (unpaired) electrons. The number of aryl methyl sites for hydroxylation is 3. The van der Waals surface area contributed by atoms with Gasteiger partial charge in [-0.3, -0.25) is 9.78 Å². The van der Waals surface area contributed by atoms with Gasteiger partial charge < -0.3 is 5.32 Å². The molecule has 2 aromatic heterocycles. The number of carbonyl (C=O) groups is 1. The van der Waals surface area contributed by atoms with Crippen molar-refractivity contribution < 1.29 is 4.79 Å². The number of rotatable bonds is 4. The molecule has 5 heteroatoms. The molecule has 0 aliphatic rings. The Morgan fingerprint density at radius 3 is 2.75 bits per heavy atom. The highest BCUT2D eigenvalue weighted by atomic mass is 32.1. The summed E-state index contributed by atoms with van der Waals surface area (Å²) in [5.41, 5.74) is 4.99. The SMILES string of the molecule is Cc1ccc(NC(=O)Cc2sc(-c3cccnc3)nc2C)c(C)c1. The van der Waals surface area contributed by atoms with Gasteiger partial charge in [0.2, 0.25) is 5.91 Å². The first kappa shape index (κ1) is 16.3. The number of carbonyl (C=O) groups excluding carboxylic acids is 1. The second kappa shape index (κ2) is 6.93. The monoisotopic (exact) mass is 337 g/mol. The molecule has 1 N–H and O–H groups in total. The highest BCUT2D eigenvalue weighted by molar-refractivity contribution is 7.15. The van der Waals surface area contributed by atoms with Gasteiger partial charge in [-0.25, -0.2) is 4.98 Å². The van der Waals surface area contributed by atoms with Crippen molar-refractivity contribution in [1.29, 1.82) is 0 Å². The summed E-state index contributed by atoms with van der Waals surface area (Å²) in [6, 6.07) is 9.88. The second-order valence-corrected chi connectivity index (χ2v) is 6.90. The average Bonchev–Trinajstić information content (AvgIpc) is 2.92. The minimum atomic E-state index is -0.0218. The van der Waals surface area contributed by atoms with Crippen LogP contribution >= 0.6 is 11.3 Å². The van der Waals surface area contributed by atoms with Crippen LogP contribution in [-0.4, -0.2) is 15.9 Å². The molecule has 0 saturated heterocycles. The van der Waals surface area contributed by atoms with Crippen LogP contribution < -0.4 is 5.32 Å². The van der Waals surface area contributed by atoms with Crippen molar-refractivity contribution in [1.82, 2.24) is 9.97 Å². The number of anilines is 1. The third-order valence-corrected chi connectivity index (χ3v) is 4.98. The first-order valence-corrected chi connectivity index (χ1v) is 8.58. The van der Waals surface area contributed by atoms with Crippen molar-refractivity contribution in [3.8, 4) is 10.6 Å². The van der Waals surface area contributed by atoms with E-state index in [9.17, 15) is 4.79 Å². The molecule has 0 aliphatic heterocycles. The molecular weight excluding hydrogens is 318 g/mol. The number of hydrogen-bond donors (Lipinski definition) is 1. The summed E-state index contributed by atoms with van der Waals surface area (Å²) in [7, 11) is 0. The molecule has 4 nitrogen and oxygen atoms in total. The zero-order chi connectivity index (χ0) is 17.1. The third kappa shape index (κ3) is 3.68. The lowest BCUT2D eigenvalue weighted by molar-refractivity contribution is -0.115. The third-order valence-electron chi connectivity index (χ3n) is 3.78. The molecule has 1 aromatic carbocycles. The Labute approximate surface area is 145 Å². The van der Waals surface area contributed by atoms with E-state index in [1.54, 1.807) is 23.7 Å². The molecule has 0 bridgehead atoms. The van der Waals surface area contributed by atoms with Gasteiger partial charge in [0.15, 0.2) is 0 Å². The molecule has 3 rings (SSSR count). The largest absolute Gasteiger partial charge is 0.326 e. The fourth-order valence-electron chi connectivity index (χ4n) is 2.50. The fraction of sp³-hybridized carbons (Fsp3) is 0.211. The minimum absolute atomic E-state index is 0.0218. The Balaban J connectivity index is 1.74. The molecule has 1 amide bonds. The van der Waals surface area contributed by atoms with Gasteiger partial charge in [0.1, 0.15) is 5.01 Å². The van der Waals surface area contributed by atoms with Crippen molar-refractivity contribution in [2.75, 3.05) is 5.32 Å². The number of nitrogens with zero attached hydrogens (tertiary/aromatic N) is 2. The lowest BCUT2D eigenvalue weighted by atomic mass is 10.1. The topological polar surface area (TPSA) is 54.9 Å². The molecule has 3 aromatic rings. The van der Waals surface area contributed by atoms with E-state index in [1.807, 2.05) is 45.0 Å². The lowest BCUT2D eigenvalue weighted by Gasteiger charge is -2.08. The van der Waals surface area contributed by atoms with E-state index in [0.29, 0.717) is 6.42 Å². The smallest absolute Gasteiger partial charge is 0.229 e. The maximum atomic E-state index is 12.4. The normalized spacial score (nSPS) is 10.6. The van der Waals surface area contributed by atoms with Gasteiger partial charge in [-0.2, -0.15) is 0 Å². The van der Waals surface area contributed by atoms with Crippen molar-refractivity contribution in [3.63, 3.8) is 0 Å². The zero-order valence-electron chi connectivity index (χ0n) is 14.0. The van der Waals surface area contributed by atoms with Crippen LogP contribution in [0.25, 0.3) is 10.6 Å². The summed E-state index contributed by atoms with van der Waals surface area (Å²) < 4.78 is 0. The lowest BCUT2D eigenvalue weighted by Crippen LogP contribution is -2.15. The zero-order valence-corrected chi connectivity index (χ0v) is 14.8. The van der Waals surface area contributed by atoms with Crippen LogP contribution in [0.3, 0.4) is 0 Å². The van der Waals surface area contributed by atoms with Gasteiger partial charge >= 0.3 is 0 Å². The molecule has 0 aliphatic carbocycles. The molecule has 0 spiro atoms. The molecule has 24 heavy (non-hydrogen) atoms. The van der Waals surface area contributed by atoms with Crippen LogP contribution in [-0.2, 0) is 11.2 Å². The number of benzene rings is 1. The maximum absolute atomic E-state index is 12.4. The molecule has 2 heterocycles. The van der Waals surface area contributed by atoms with Gasteiger partial charge in [-0.1, -0.05) is 17.7 Å². The quantitative estimate of drug-likeness (QED) is 0.772. The number of pyridine rings is 1. The molecule has 0 unspecified atom stereocenters. The van der Waals surface area contributed by atoms with Crippen LogP contribution in [0.15, 0.2) is 42.7 Å². The highest BCUT2D eigenvalue weighted by Crippen LogP contribution is 2.28. The molecular formula is C19H19N3OS. The van der Waals surface area contributed by atoms with Crippen molar-refractivity contribution >= 4 is 22.9 Å². The summed E-state index contributed by atoms with van der Waals surface area (Å²) in [6.07, 6.45) is 3.86. The van der Waals surface area contributed by atoms with E-state index in [0.717, 1.165) is 32.4 Å². The predicted octanol–water partition coefficient (Wildman–Crippen LogP) is 4.31. The van der Waals surface area contributed by atoms with E-state index in [2.05, 4.69) is 21.4 Å². The number of hydrogen-bond acceptors (Lipinski definition) is 4. The van der Waals surface area contributed by atoms with Crippen LogP contribution in [0.1, 0.15) is 21.7 Å². The molecule has 122 valence electrons. The van der Waals surface area contributed by atoms with Crippen LogP contribution in [0.5, 0.6) is 0 Å². The summed E-state index contributed by atoms with van der Waals surface area (Å²) in [5.74, 6) is -0.0218.